The number of ether oxygens (including phenoxy) is 2. The number of hydrogen-bond donors (Lipinski definition) is 1. The molecule has 11 heteroatoms. The van der Waals surface area contributed by atoms with Gasteiger partial charge in [-0.15, -0.1) is 0 Å². The molecule has 1 saturated heterocycles. The molecule has 5 rings (SSSR count). The predicted octanol–water partition coefficient (Wildman–Crippen LogP) is 4.55. The highest BCUT2D eigenvalue weighted by Crippen LogP contribution is 2.42. The molecule has 1 amide bonds. The summed E-state index contributed by atoms with van der Waals surface area (Å²) in [4.78, 5) is 41.8. The topological polar surface area (TPSA) is 109 Å². The lowest BCUT2D eigenvalue weighted by atomic mass is 10.2. The maximum Gasteiger partial charge on any atom is 0.351 e. The summed E-state index contributed by atoms with van der Waals surface area (Å²) in [5, 5.41) is 4.66. The van der Waals surface area contributed by atoms with Crippen LogP contribution in [0.3, 0.4) is 0 Å². The first-order valence-corrected chi connectivity index (χ1v) is 17.1. The van der Waals surface area contributed by atoms with Crippen LogP contribution >= 0.6 is 11.8 Å². The molecule has 1 aromatic heterocycles. The minimum Gasteiger partial charge on any atom is -0.446 e. The molecule has 3 atom stereocenters. The van der Waals surface area contributed by atoms with E-state index >= 15 is 0 Å². The minimum absolute atomic E-state index is 0.0985. The zero-order chi connectivity index (χ0) is 31.3. The average molecular weight is 630 g/mol. The Morgan fingerprint density at radius 2 is 1.50 bits per heavy atom. The molecule has 0 radical (unpaired) electrons. The molecule has 9 nitrogen and oxygen atoms in total. The van der Waals surface area contributed by atoms with Crippen molar-refractivity contribution < 1.29 is 23.5 Å². The number of amides is 1. The van der Waals surface area contributed by atoms with Gasteiger partial charge in [0.05, 0.1) is 6.61 Å². The highest BCUT2D eigenvalue weighted by atomic mass is 32.2. The standard InChI is InChI=1S/C33H35N3O6SSi/c1-23(37)41-31-30(36-21-20-27(35-32(36)39)34-29(38)24-14-8-5-9-15-24)42-28(43-31)22-40-44(33(2,3)4,25-16-10-6-11-17-25)26-18-12-7-13-19-26/h5-21,28,30-31H,22H2,1-4H3,(H,34,35,38,39)/t28-,30+,31+/m1/s1. The summed E-state index contributed by atoms with van der Waals surface area (Å²) in [6, 6.07) is 30.7. The van der Waals surface area contributed by atoms with Gasteiger partial charge in [0.15, 0.2) is 11.7 Å². The number of nitrogens with one attached hydrogen (secondary N) is 1. The Labute approximate surface area is 261 Å². The Bertz CT molecular complexity index is 1610. The quantitative estimate of drug-likeness (QED) is 0.212. The van der Waals surface area contributed by atoms with Crippen LogP contribution in [0, 0.1) is 0 Å². The summed E-state index contributed by atoms with van der Waals surface area (Å²) in [6.07, 6.45) is 0.527. The molecule has 0 spiro atoms. The lowest BCUT2D eigenvalue weighted by molar-refractivity contribution is -0.150. The molecule has 2 heterocycles. The Kier molecular flexibility index (Phi) is 9.50. The van der Waals surface area contributed by atoms with Crippen molar-refractivity contribution in [1.29, 1.82) is 0 Å². The minimum atomic E-state index is -2.86. The number of carbonyl (C=O) groups excluding carboxylic acids is 2. The maximum absolute atomic E-state index is 13.1. The third-order valence-electron chi connectivity index (χ3n) is 7.33. The van der Waals surface area contributed by atoms with E-state index in [1.807, 2.05) is 42.5 Å². The summed E-state index contributed by atoms with van der Waals surface area (Å²) in [6.45, 7) is 8.08. The third kappa shape index (κ3) is 6.70. The predicted molar refractivity (Wildman–Crippen MR) is 174 cm³/mol. The van der Waals surface area contributed by atoms with Crippen LogP contribution < -0.4 is 21.4 Å². The molecule has 44 heavy (non-hydrogen) atoms. The molecule has 4 aromatic rings. The van der Waals surface area contributed by atoms with Crippen LogP contribution in [-0.4, -0.2) is 47.2 Å². The Balaban J connectivity index is 1.40. The molecule has 1 aliphatic heterocycles. The van der Waals surface area contributed by atoms with E-state index in [4.69, 9.17) is 13.9 Å². The van der Waals surface area contributed by atoms with Gasteiger partial charge in [0.2, 0.25) is 0 Å². The van der Waals surface area contributed by atoms with Crippen molar-refractivity contribution >= 4 is 48.1 Å². The monoisotopic (exact) mass is 629 g/mol. The zero-order valence-corrected chi connectivity index (χ0v) is 26.8. The van der Waals surface area contributed by atoms with Gasteiger partial charge in [-0.25, -0.2) is 4.79 Å². The number of benzene rings is 3. The smallest absolute Gasteiger partial charge is 0.351 e. The van der Waals surface area contributed by atoms with Crippen LogP contribution in [-0.2, 0) is 18.7 Å². The van der Waals surface area contributed by atoms with E-state index in [1.165, 1.54) is 35.5 Å². The van der Waals surface area contributed by atoms with Crippen LogP contribution in [0.1, 0.15) is 44.3 Å². The van der Waals surface area contributed by atoms with E-state index in [9.17, 15) is 14.4 Å². The molecule has 0 saturated carbocycles. The number of rotatable bonds is 9. The highest BCUT2D eigenvalue weighted by molar-refractivity contribution is 8.00. The van der Waals surface area contributed by atoms with Gasteiger partial charge in [0.25, 0.3) is 14.2 Å². The Hall–Kier alpha value is -4.03. The van der Waals surface area contributed by atoms with Crippen LogP contribution in [0.5, 0.6) is 0 Å². The molecule has 228 valence electrons. The van der Waals surface area contributed by atoms with E-state index in [-0.39, 0.29) is 23.4 Å². The van der Waals surface area contributed by atoms with E-state index in [0.717, 1.165) is 10.4 Å². The fourth-order valence-electron chi connectivity index (χ4n) is 5.40. The maximum atomic E-state index is 13.1. The summed E-state index contributed by atoms with van der Waals surface area (Å²) in [7, 11) is -2.86. The number of nitrogens with zero attached hydrogens (tertiary/aromatic N) is 2. The van der Waals surface area contributed by atoms with Gasteiger partial charge >= 0.3 is 11.7 Å². The number of esters is 1. The van der Waals surface area contributed by atoms with Gasteiger partial charge in [-0.2, -0.15) is 4.98 Å². The molecule has 0 unspecified atom stereocenters. The normalized spacial score (nSPS) is 18.5. The number of thioether (sulfide) groups is 1. The average Bonchev–Trinajstić information content (AvgIpc) is 3.39. The fourth-order valence-corrected chi connectivity index (χ4v) is 11.2. The van der Waals surface area contributed by atoms with Gasteiger partial charge in [-0.1, -0.05) is 111 Å². The molecule has 3 aromatic carbocycles. The largest absolute Gasteiger partial charge is 0.446 e. The highest BCUT2D eigenvalue weighted by Gasteiger charge is 2.51. The van der Waals surface area contributed by atoms with Crippen LogP contribution in [0.2, 0.25) is 5.04 Å². The van der Waals surface area contributed by atoms with Gasteiger partial charge in [-0.3, -0.25) is 14.2 Å². The Morgan fingerprint density at radius 3 is 2.02 bits per heavy atom. The van der Waals surface area contributed by atoms with Crippen LogP contribution in [0.25, 0.3) is 0 Å². The number of hydrogen-bond acceptors (Lipinski definition) is 8. The SMILES string of the molecule is CC(=O)O[C@H]1S[C@H](CO[Si](c2ccccc2)(c2ccccc2)C(C)(C)C)O[C@@H]1n1ccc(NC(=O)c2ccccc2)nc1=O. The van der Waals surface area contributed by atoms with Crippen molar-refractivity contribution in [3.05, 3.63) is 119 Å². The molecular formula is C33H35N3O6SSi. The first-order valence-electron chi connectivity index (χ1n) is 14.3. The van der Waals surface area contributed by atoms with Crippen molar-refractivity contribution in [1.82, 2.24) is 9.55 Å². The van der Waals surface area contributed by atoms with Crippen molar-refractivity contribution in [2.24, 2.45) is 0 Å². The number of anilines is 1. The van der Waals surface area contributed by atoms with Gasteiger partial charge < -0.3 is 19.2 Å². The molecule has 0 bridgehead atoms. The molecule has 1 N–H and O–H groups in total. The molecular weight excluding hydrogens is 595 g/mol. The Morgan fingerprint density at radius 1 is 0.932 bits per heavy atom. The zero-order valence-electron chi connectivity index (χ0n) is 25.0. The van der Waals surface area contributed by atoms with E-state index in [0.29, 0.717) is 5.56 Å². The van der Waals surface area contributed by atoms with Gasteiger partial charge in [0.1, 0.15) is 11.3 Å². The van der Waals surface area contributed by atoms with Crippen LogP contribution in [0.4, 0.5) is 5.82 Å². The van der Waals surface area contributed by atoms with Crippen molar-refractivity contribution in [3.63, 3.8) is 0 Å². The summed E-state index contributed by atoms with van der Waals surface area (Å²) in [5.74, 6) is -0.792. The van der Waals surface area contributed by atoms with Crippen molar-refractivity contribution in [2.75, 3.05) is 11.9 Å². The van der Waals surface area contributed by atoms with E-state index in [2.05, 4.69) is 55.3 Å². The first kappa shape index (κ1) is 31.4. The molecule has 1 fully saturated rings. The van der Waals surface area contributed by atoms with Crippen molar-refractivity contribution in [3.8, 4) is 0 Å². The van der Waals surface area contributed by atoms with E-state index < -0.39 is 37.1 Å². The second-order valence-electron chi connectivity index (χ2n) is 11.4. The fraction of sp³-hybridized carbons (Fsp3) is 0.273. The van der Waals surface area contributed by atoms with Crippen molar-refractivity contribution in [2.45, 2.75) is 49.8 Å². The summed E-state index contributed by atoms with van der Waals surface area (Å²) >= 11 is 1.28. The molecule has 0 aliphatic carbocycles. The van der Waals surface area contributed by atoms with E-state index in [1.54, 1.807) is 24.3 Å². The molecule has 1 aliphatic rings. The third-order valence-corrected chi connectivity index (χ3v) is 13.5. The second-order valence-corrected chi connectivity index (χ2v) is 16.9. The van der Waals surface area contributed by atoms with Crippen LogP contribution in [0.15, 0.2) is 108 Å². The van der Waals surface area contributed by atoms with Gasteiger partial charge in [-0.05, 0) is 33.6 Å². The lowest BCUT2D eigenvalue weighted by Gasteiger charge is -2.43. The number of carbonyl (C=O) groups is 2. The summed E-state index contributed by atoms with van der Waals surface area (Å²) in [5.41, 5.74) is -1.58. The summed E-state index contributed by atoms with van der Waals surface area (Å²) < 4.78 is 20.2. The first-order chi connectivity index (χ1) is 21.1. The number of aromatic nitrogens is 2. The van der Waals surface area contributed by atoms with Gasteiger partial charge in [0, 0.05) is 18.7 Å². The second kappa shape index (κ2) is 13.3. The lowest BCUT2D eigenvalue weighted by Crippen LogP contribution is -2.67.